The predicted octanol–water partition coefficient (Wildman–Crippen LogP) is 4.40. The van der Waals surface area contributed by atoms with E-state index in [1.54, 1.807) is 18.3 Å². The van der Waals surface area contributed by atoms with Crippen molar-refractivity contribution in [1.82, 2.24) is 4.98 Å². The number of rotatable bonds is 4. The van der Waals surface area contributed by atoms with Crippen LogP contribution in [0.5, 0.6) is 5.75 Å². The van der Waals surface area contributed by atoms with E-state index in [1.807, 2.05) is 12.1 Å². The van der Waals surface area contributed by atoms with E-state index in [1.165, 1.54) is 0 Å². The number of pyridine rings is 1. The first-order chi connectivity index (χ1) is 9.41. The molecular formula is C16H21ClN2O. The van der Waals surface area contributed by atoms with Gasteiger partial charge in [0.25, 0.3) is 0 Å². The molecule has 4 heteroatoms. The number of halogens is 1. The Morgan fingerprint density at radius 3 is 2.70 bits per heavy atom. The maximum absolute atomic E-state index is 9.68. The zero-order valence-corrected chi connectivity index (χ0v) is 12.9. The number of phenolic OH excluding ortho intramolecular Hbond substituents is 1. The van der Waals surface area contributed by atoms with Gasteiger partial charge in [-0.25, -0.2) is 4.98 Å². The zero-order chi connectivity index (χ0) is 14.8. The zero-order valence-electron chi connectivity index (χ0n) is 12.2. The highest BCUT2D eigenvalue weighted by atomic mass is 35.5. The third kappa shape index (κ3) is 3.34. The van der Waals surface area contributed by atoms with Gasteiger partial charge in [-0.3, -0.25) is 0 Å². The first-order valence-electron chi connectivity index (χ1n) is 6.82. The van der Waals surface area contributed by atoms with E-state index >= 15 is 0 Å². The highest BCUT2D eigenvalue weighted by Gasteiger charge is 2.24. The standard InChI is InChI=1S/C16H21ClN2O/c1-16(2,3)14(6-8-17)19-15-13-10-12(20)5-4-11(13)7-9-18-15/h4-5,7,9-10,14,20H,6,8H2,1-3H3,(H,18,19). The fourth-order valence-electron chi connectivity index (χ4n) is 2.27. The van der Waals surface area contributed by atoms with E-state index in [9.17, 15) is 5.11 Å². The molecule has 108 valence electrons. The van der Waals surface area contributed by atoms with Crippen molar-refractivity contribution >= 4 is 28.2 Å². The Kier molecular flexibility index (Phi) is 4.39. The lowest BCUT2D eigenvalue weighted by atomic mass is 9.85. The molecule has 0 aliphatic carbocycles. The molecule has 0 aliphatic heterocycles. The summed E-state index contributed by atoms with van der Waals surface area (Å²) >= 11 is 5.91. The van der Waals surface area contributed by atoms with E-state index in [-0.39, 0.29) is 17.2 Å². The molecule has 0 bridgehead atoms. The monoisotopic (exact) mass is 292 g/mol. The molecule has 0 saturated carbocycles. The van der Waals surface area contributed by atoms with Crippen molar-refractivity contribution in [3.8, 4) is 5.75 Å². The molecule has 2 N–H and O–H groups in total. The van der Waals surface area contributed by atoms with Gasteiger partial charge in [-0.15, -0.1) is 11.6 Å². The number of fused-ring (bicyclic) bond motifs is 1. The van der Waals surface area contributed by atoms with Crippen LogP contribution >= 0.6 is 11.6 Å². The molecule has 2 aromatic rings. The third-order valence-corrected chi connectivity index (χ3v) is 3.72. The minimum Gasteiger partial charge on any atom is -0.508 e. The fraction of sp³-hybridized carbons (Fsp3) is 0.438. The van der Waals surface area contributed by atoms with Crippen molar-refractivity contribution in [2.45, 2.75) is 33.2 Å². The van der Waals surface area contributed by atoms with Gasteiger partial charge < -0.3 is 10.4 Å². The van der Waals surface area contributed by atoms with Crippen molar-refractivity contribution < 1.29 is 5.11 Å². The van der Waals surface area contributed by atoms with Crippen molar-refractivity contribution in [3.05, 3.63) is 30.5 Å². The van der Waals surface area contributed by atoms with Gasteiger partial charge in [-0.1, -0.05) is 26.8 Å². The molecule has 3 nitrogen and oxygen atoms in total. The quantitative estimate of drug-likeness (QED) is 0.821. The molecule has 1 heterocycles. The van der Waals surface area contributed by atoms with Gasteiger partial charge in [0, 0.05) is 23.5 Å². The summed E-state index contributed by atoms with van der Waals surface area (Å²) < 4.78 is 0. The molecule has 0 saturated heterocycles. The summed E-state index contributed by atoms with van der Waals surface area (Å²) in [6.45, 7) is 6.54. The number of hydrogen-bond donors (Lipinski definition) is 2. The van der Waals surface area contributed by atoms with E-state index < -0.39 is 0 Å². The Balaban J connectivity index is 2.39. The lowest BCUT2D eigenvalue weighted by Gasteiger charge is -2.32. The average molecular weight is 293 g/mol. The lowest BCUT2D eigenvalue weighted by molar-refractivity contribution is 0.334. The van der Waals surface area contributed by atoms with Crippen LogP contribution in [0.2, 0.25) is 0 Å². The lowest BCUT2D eigenvalue weighted by Crippen LogP contribution is -2.34. The third-order valence-electron chi connectivity index (χ3n) is 3.50. The van der Waals surface area contributed by atoms with Crippen LogP contribution in [-0.4, -0.2) is 22.0 Å². The molecule has 2 rings (SSSR count). The first kappa shape index (κ1) is 14.9. The van der Waals surface area contributed by atoms with Gasteiger partial charge in [-0.2, -0.15) is 0 Å². The van der Waals surface area contributed by atoms with Crippen LogP contribution in [-0.2, 0) is 0 Å². The van der Waals surface area contributed by atoms with E-state index in [4.69, 9.17) is 11.6 Å². The SMILES string of the molecule is CC(C)(C)C(CCCl)Nc1nccc2ccc(O)cc12. The summed E-state index contributed by atoms with van der Waals surface area (Å²) in [6, 6.07) is 7.48. The highest BCUT2D eigenvalue weighted by molar-refractivity contribution is 6.17. The van der Waals surface area contributed by atoms with Crippen LogP contribution in [0, 0.1) is 5.41 Å². The molecule has 20 heavy (non-hydrogen) atoms. The number of aromatic nitrogens is 1. The van der Waals surface area contributed by atoms with Crippen LogP contribution in [0.25, 0.3) is 10.8 Å². The Labute approximate surface area is 125 Å². The van der Waals surface area contributed by atoms with Gasteiger partial charge in [0.15, 0.2) is 0 Å². The maximum Gasteiger partial charge on any atom is 0.134 e. The van der Waals surface area contributed by atoms with E-state index in [0.717, 1.165) is 23.0 Å². The van der Waals surface area contributed by atoms with Crippen molar-refractivity contribution in [2.75, 3.05) is 11.2 Å². The topological polar surface area (TPSA) is 45.2 Å². The summed E-state index contributed by atoms with van der Waals surface area (Å²) in [4.78, 5) is 4.42. The molecule has 1 atom stereocenters. The maximum atomic E-state index is 9.68. The predicted molar refractivity (Wildman–Crippen MR) is 85.6 cm³/mol. The molecule has 0 radical (unpaired) electrons. The summed E-state index contributed by atoms with van der Waals surface area (Å²) in [7, 11) is 0. The van der Waals surface area contributed by atoms with Crippen LogP contribution in [0.4, 0.5) is 5.82 Å². The van der Waals surface area contributed by atoms with Crippen molar-refractivity contribution in [2.24, 2.45) is 5.41 Å². The van der Waals surface area contributed by atoms with Gasteiger partial charge in [0.2, 0.25) is 0 Å². The van der Waals surface area contributed by atoms with Gasteiger partial charge in [-0.05, 0) is 35.4 Å². The highest BCUT2D eigenvalue weighted by Crippen LogP contribution is 2.30. The minimum absolute atomic E-state index is 0.0789. The molecule has 0 spiro atoms. The number of benzene rings is 1. The molecule has 1 aromatic heterocycles. The number of hydrogen-bond acceptors (Lipinski definition) is 3. The summed E-state index contributed by atoms with van der Waals surface area (Å²) in [5, 5.41) is 15.1. The van der Waals surface area contributed by atoms with E-state index in [0.29, 0.717) is 5.88 Å². The number of nitrogens with zero attached hydrogens (tertiary/aromatic N) is 1. The molecule has 1 unspecified atom stereocenters. The number of aromatic hydroxyl groups is 1. The number of phenols is 1. The Bertz CT molecular complexity index is 593. The molecular weight excluding hydrogens is 272 g/mol. The number of anilines is 1. The second kappa shape index (κ2) is 5.88. The van der Waals surface area contributed by atoms with E-state index in [2.05, 4.69) is 31.1 Å². The fourth-order valence-corrected chi connectivity index (χ4v) is 2.49. The Morgan fingerprint density at radius 2 is 2.05 bits per heavy atom. The normalized spacial score (nSPS) is 13.4. The average Bonchev–Trinajstić information content (AvgIpc) is 2.37. The summed E-state index contributed by atoms with van der Waals surface area (Å²) in [5.41, 5.74) is 0.0789. The largest absolute Gasteiger partial charge is 0.508 e. The van der Waals surface area contributed by atoms with Crippen molar-refractivity contribution in [3.63, 3.8) is 0 Å². The Hall–Kier alpha value is -1.48. The number of alkyl halides is 1. The van der Waals surface area contributed by atoms with Crippen molar-refractivity contribution in [1.29, 1.82) is 0 Å². The van der Waals surface area contributed by atoms with Gasteiger partial charge >= 0.3 is 0 Å². The van der Waals surface area contributed by atoms with Gasteiger partial charge in [0.05, 0.1) is 0 Å². The Morgan fingerprint density at radius 1 is 1.30 bits per heavy atom. The summed E-state index contributed by atoms with van der Waals surface area (Å²) in [6.07, 6.45) is 2.64. The second-order valence-corrected chi connectivity index (χ2v) is 6.48. The smallest absolute Gasteiger partial charge is 0.134 e. The van der Waals surface area contributed by atoms with Crippen LogP contribution < -0.4 is 5.32 Å². The second-order valence-electron chi connectivity index (χ2n) is 6.11. The van der Waals surface area contributed by atoms with Crippen LogP contribution in [0.3, 0.4) is 0 Å². The minimum atomic E-state index is 0.0789. The van der Waals surface area contributed by atoms with Crippen LogP contribution in [0.1, 0.15) is 27.2 Å². The van der Waals surface area contributed by atoms with Crippen LogP contribution in [0.15, 0.2) is 30.5 Å². The number of nitrogens with one attached hydrogen (secondary N) is 1. The van der Waals surface area contributed by atoms with Gasteiger partial charge in [0.1, 0.15) is 11.6 Å². The molecule has 1 aromatic carbocycles. The first-order valence-corrected chi connectivity index (χ1v) is 7.35. The molecule has 0 fully saturated rings. The molecule has 0 aliphatic rings. The molecule has 0 amide bonds. The summed E-state index contributed by atoms with van der Waals surface area (Å²) in [5.74, 6) is 1.65.